The number of aryl methyl sites for hydroxylation is 2. The summed E-state index contributed by atoms with van der Waals surface area (Å²) in [5.74, 6) is 0.826. The molecule has 10 heteroatoms. The molecule has 0 atom stereocenters. The zero-order valence-corrected chi connectivity index (χ0v) is 15.4. The van der Waals surface area contributed by atoms with Crippen molar-refractivity contribution in [3.63, 3.8) is 0 Å². The second kappa shape index (κ2) is 6.22. The van der Waals surface area contributed by atoms with Crippen LogP contribution in [0.4, 0.5) is 0 Å². The van der Waals surface area contributed by atoms with Crippen LogP contribution in [-0.4, -0.2) is 48.2 Å². The van der Waals surface area contributed by atoms with E-state index in [1.54, 1.807) is 24.9 Å². The van der Waals surface area contributed by atoms with Crippen LogP contribution in [-0.2, 0) is 14.1 Å². The molecule has 1 amide bonds. The van der Waals surface area contributed by atoms with Crippen molar-refractivity contribution in [2.24, 2.45) is 14.1 Å². The quantitative estimate of drug-likeness (QED) is 0.690. The number of carbonyl (C=O) groups is 1. The largest absolute Gasteiger partial charge is 0.351 e. The van der Waals surface area contributed by atoms with E-state index in [9.17, 15) is 14.4 Å². The van der Waals surface area contributed by atoms with Gasteiger partial charge in [-0.3, -0.25) is 18.7 Å². The molecular weight excluding hydrogens is 352 g/mol. The van der Waals surface area contributed by atoms with Crippen LogP contribution in [0.25, 0.3) is 11.2 Å². The predicted octanol–water partition coefficient (Wildman–Crippen LogP) is 0.277. The van der Waals surface area contributed by atoms with Crippen LogP contribution < -0.4 is 11.2 Å². The third-order valence-electron chi connectivity index (χ3n) is 5.12. The van der Waals surface area contributed by atoms with Gasteiger partial charge < -0.3 is 14.4 Å². The average molecular weight is 372 g/mol. The zero-order valence-electron chi connectivity index (χ0n) is 15.4. The summed E-state index contributed by atoms with van der Waals surface area (Å²) in [6.45, 7) is 2.88. The van der Waals surface area contributed by atoms with E-state index < -0.39 is 5.69 Å². The molecule has 0 spiro atoms. The van der Waals surface area contributed by atoms with Crippen molar-refractivity contribution < 1.29 is 9.32 Å². The van der Waals surface area contributed by atoms with Crippen LogP contribution in [0.1, 0.15) is 40.8 Å². The van der Waals surface area contributed by atoms with E-state index in [2.05, 4.69) is 15.1 Å². The Labute approximate surface area is 153 Å². The van der Waals surface area contributed by atoms with E-state index in [4.69, 9.17) is 4.52 Å². The number of imidazole rings is 1. The molecule has 10 nitrogen and oxygen atoms in total. The maximum atomic E-state index is 12.4. The summed E-state index contributed by atoms with van der Waals surface area (Å²) >= 11 is 0. The van der Waals surface area contributed by atoms with Crippen molar-refractivity contribution in [3.8, 4) is 0 Å². The van der Waals surface area contributed by atoms with Crippen molar-refractivity contribution in [1.82, 2.24) is 29.2 Å². The topological polar surface area (TPSA) is 119 Å². The smallest absolute Gasteiger partial charge is 0.332 e. The number of fused-ring (bicyclic) bond motifs is 1. The number of hydrogen-bond donors (Lipinski definition) is 1. The van der Waals surface area contributed by atoms with E-state index >= 15 is 0 Å². The van der Waals surface area contributed by atoms with Gasteiger partial charge in [0.15, 0.2) is 5.65 Å². The number of nitrogens with one attached hydrogen (secondary N) is 1. The van der Waals surface area contributed by atoms with E-state index in [1.165, 1.54) is 11.6 Å². The highest BCUT2D eigenvalue weighted by atomic mass is 16.5. The second-order valence-electron chi connectivity index (χ2n) is 6.93. The molecule has 27 heavy (non-hydrogen) atoms. The first-order chi connectivity index (χ1) is 12.9. The highest BCUT2D eigenvalue weighted by Crippen LogP contribution is 2.27. The number of H-pyrrole nitrogens is 1. The van der Waals surface area contributed by atoms with Crippen molar-refractivity contribution in [2.45, 2.75) is 25.7 Å². The fourth-order valence-electron chi connectivity index (χ4n) is 3.51. The number of carbonyl (C=O) groups excluding carboxylic acids is 1. The summed E-state index contributed by atoms with van der Waals surface area (Å²) < 4.78 is 7.47. The highest BCUT2D eigenvalue weighted by molar-refractivity contribution is 5.91. The summed E-state index contributed by atoms with van der Waals surface area (Å²) in [5.41, 5.74) is 0.551. The molecule has 1 N–H and O–H groups in total. The lowest BCUT2D eigenvalue weighted by Gasteiger charge is -2.30. The lowest BCUT2D eigenvalue weighted by molar-refractivity contribution is 0.0669. The third-order valence-corrected chi connectivity index (χ3v) is 5.12. The molecule has 1 saturated heterocycles. The van der Waals surface area contributed by atoms with Crippen molar-refractivity contribution in [1.29, 1.82) is 0 Å². The highest BCUT2D eigenvalue weighted by Gasteiger charge is 2.28. The minimum Gasteiger partial charge on any atom is -0.351 e. The Kier molecular flexibility index (Phi) is 3.97. The fourth-order valence-corrected chi connectivity index (χ4v) is 3.51. The van der Waals surface area contributed by atoms with Crippen molar-refractivity contribution in [2.75, 3.05) is 13.1 Å². The number of rotatable bonds is 2. The molecule has 3 aromatic rings. The number of piperidine rings is 1. The molecule has 0 aromatic carbocycles. The maximum absolute atomic E-state index is 12.4. The van der Waals surface area contributed by atoms with Crippen LogP contribution in [0, 0.1) is 6.92 Å². The molecular formula is C17H20N6O4. The number of hydrogen-bond acceptors (Lipinski definition) is 6. The van der Waals surface area contributed by atoms with Gasteiger partial charge in [-0.05, 0) is 19.8 Å². The Hall–Kier alpha value is -3.17. The van der Waals surface area contributed by atoms with Crippen molar-refractivity contribution >= 4 is 17.1 Å². The Bertz CT molecular complexity index is 1140. The van der Waals surface area contributed by atoms with Crippen LogP contribution in [0.5, 0.6) is 0 Å². The normalized spacial score (nSPS) is 15.6. The molecule has 4 rings (SSSR count). The first-order valence-electron chi connectivity index (χ1n) is 8.75. The number of aromatic amines is 1. The van der Waals surface area contributed by atoms with Crippen molar-refractivity contribution in [3.05, 3.63) is 44.2 Å². The summed E-state index contributed by atoms with van der Waals surface area (Å²) in [5, 5.41) is 3.75. The average Bonchev–Trinajstić information content (AvgIpc) is 3.31. The lowest BCUT2D eigenvalue weighted by atomic mass is 9.96. The molecule has 1 aliphatic rings. The number of aromatic nitrogens is 5. The van der Waals surface area contributed by atoms with Gasteiger partial charge >= 0.3 is 5.69 Å². The van der Waals surface area contributed by atoms with Crippen LogP contribution in [0.15, 0.2) is 20.2 Å². The van der Waals surface area contributed by atoms with Gasteiger partial charge in [-0.2, -0.15) is 0 Å². The van der Waals surface area contributed by atoms with Gasteiger partial charge in [-0.25, -0.2) is 9.78 Å². The predicted molar refractivity (Wildman–Crippen MR) is 95.7 cm³/mol. The minimum atomic E-state index is -0.409. The van der Waals surface area contributed by atoms with Gasteiger partial charge in [0.2, 0.25) is 5.76 Å². The lowest BCUT2D eigenvalue weighted by Crippen LogP contribution is -2.38. The van der Waals surface area contributed by atoms with Gasteiger partial charge in [0.25, 0.3) is 11.5 Å². The summed E-state index contributed by atoms with van der Waals surface area (Å²) in [6.07, 6.45) is 1.40. The van der Waals surface area contributed by atoms with E-state index in [1.807, 2.05) is 0 Å². The number of amides is 1. The SMILES string of the molecule is Cc1cc(C(=O)N2CCC(c3nc4c([nH]3)c(=O)n(C)c(=O)n4C)CC2)on1. The molecule has 142 valence electrons. The van der Waals surface area contributed by atoms with Crippen LogP contribution in [0.2, 0.25) is 0 Å². The second-order valence-corrected chi connectivity index (χ2v) is 6.93. The standard InChI is InChI=1S/C17H20N6O4/c1-9-8-11(27-20-9)15(24)23-6-4-10(5-7-23)13-18-12-14(19-13)21(2)17(26)22(3)16(12)25/h8,10H,4-7H2,1-3H3,(H,18,19). The molecule has 0 saturated carbocycles. The number of likely N-dealkylation sites (tertiary alicyclic amines) is 1. The molecule has 3 aromatic heterocycles. The van der Waals surface area contributed by atoms with E-state index in [-0.39, 0.29) is 23.1 Å². The first kappa shape index (κ1) is 17.3. The van der Waals surface area contributed by atoms with Crippen LogP contribution >= 0.6 is 0 Å². The third kappa shape index (κ3) is 2.77. The monoisotopic (exact) mass is 372 g/mol. The molecule has 0 aliphatic carbocycles. The van der Waals surface area contributed by atoms with Gasteiger partial charge in [0.05, 0.1) is 5.69 Å². The molecule has 4 heterocycles. The number of nitrogens with zero attached hydrogens (tertiary/aromatic N) is 5. The fraction of sp³-hybridized carbons (Fsp3) is 0.471. The van der Waals surface area contributed by atoms with Gasteiger partial charge in [0, 0.05) is 39.2 Å². The summed E-state index contributed by atoms with van der Waals surface area (Å²) in [4.78, 5) is 46.1. The Morgan fingerprint density at radius 2 is 1.93 bits per heavy atom. The Morgan fingerprint density at radius 1 is 1.22 bits per heavy atom. The first-order valence-corrected chi connectivity index (χ1v) is 8.75. The Morgan fingerprint density at radius 3 is 2.56 bits per heavy atom. The Balaban J connectivity index is 1.56. The molecule has 0 unspecified atom stereocenters. The summed E-state index contributed by atoms with van der Waals surface area (Å²) in [7, 11) is 3.04. The van der Waals surface area contributed by atoms with Gasteiger partial charge in [-0.1, -0.05) is 5.16 Å². The zero-order chi connectivity index (χ0) is 19.3. The molecule has 0 radical (unpaired) electrons. The molecule has 1 fully saturated rings. The molecule has 0 bridgehead atoms. The van der Waals surface area contributed by atoms with E-state index in [0.29, 0.717) is 48.6 Å². The van der Waals surface area contributed by atoms with Gasteiger partial charge in [-0.15, -0.1) is 0 Å². The van der Waals surface area contributed by atoms with Crippen LogP contribution in [0.3, 0.4) is 0 Å². The minimum absolute atomic E-state index is 0.0812. The van der Waals surface area contributed by atoms with Gasteiger partial charge in [0.1, 0.15) is 11.3 Å². The van der Waals surface area contributed by atoms with E-state index in [0.717, 1.165) is 4.57 Å². The maximum Gasteiger partial charge on any atom is 0.332 e. The molecule has 1 aliphatic heterocycles. The summed E-state index contributed by atoms with van der Waals surface area (Å²) in [6, 6.07) is 1.63.